The lowest BCUT2D eigenvalue weighted by atomic mass is 10.2. The predicted octanol–water partition coefficient (Wildman–Crippen LogP) is 1.60. The summed E-state index contributed by atoms with van der Waals surface area (Å²) in [5.41, 5.74) is 0. The number of hydrogen-bond donors (Lipinski definition) is 0. The van der Waals surface area contributed by atoms with Crippen LogP contribution >= 0.6 is 23.1 Å². The number of rotatable bonds is 2. The monoisotopic (exact) mass is 203 g/mol. The zero-order valence-electron chi connectivity index (χ0n) is 6.61. The molecule has 1 saturated heterocycles. The molecule has 2 rings (SSSR count). The molecule has 0 aliphatic carbocycles. The minimum Gasteiger partial charge on any atom is -0.347 e. The van der Waals surface area contributed by atoms with Crippen LogP contribution < -0.4 is 4.90 Å². The van der Waals surface area contributed by atoms with E-state index in [2.05, 4.69) is 14.3 Å². The first-order valence-corrected chi connectivity index (χ1v) is 5.28. The van der Waals surface area contributed by atoms with Crippen molar-refractivity contribution in [2.45, 2.75) is 6.42 Å². The highest BCUT2D eigenvalue weighted by Gasteiger charge is 2.23. The Morgan fingerprint density at radius 3 is 3.25 bits per heavy atom. The van der Waals surface area contributed by atoms with Crippen LogP contribution in [0, 0.1) is 5.92 Å². The second kappa shape index (κ2) is 3.58. The van der Waals surface area contributed by atoms with E-state index in [0.717, 1.165) is 24.1 Å². The van der Waals surface area contributed by atoms with Gasteiger partial charge in [0.2, 0.25) is 5.13 Å². The van der Waals surface area contributed by atoms with Crippen molar-refractivity contribution in [3.05, 3.63) is 6.33 Å². The maximum absolute atomic E-state index is 5.78. The second-order valence-electron chi connectivity index (χ2n) is 2.98. The van der Waals surface area contributed by atoms with Crippen LogP contribution in [-0.2, 0) is 0 Å². The fraction of sp³-hybridized carbons (Fsp3) is 0.714. The van der Waals surface area contributed by atoms with Gasteiger partial charge in [0.15, 0.2) is 0 Å². The van der Waals surface area contributed by atoms with Crippen LogP contribution in [0.25, 0.3) is 0 Å². The van der Waals surface area contributed by atoms with Crippen molar-refractivity contribution in [3.63, 3.8) is 0 Å². The van der Waals surface area contributed by atoms with E-state index in [9.17, 15) is 0 Å². The van der Waals surface area contributed by atoms with Gasteiger partial charge in [0.25, 0.3) is 0 Å². The van der Waals surface area contributed by atoms with E-state index < -0.39 is 0 Å². The first kappa shape index (κ1) is 8.26. The van der Waals surface area contributed by atoms with Crippen LogP contribution in [0.3, 0.4) is 0 Å². The van der Waals surface area contributed by atoms with Gasteiger partial charge < -0.3 is 4.90 Å². The molecule has 0 saturated carbocycles. The van der Waals surface area contributed by atoms with Crippen LogP contribution in [-0.4, -0.2) is 28.3 Å². The molecule has 1 fully saturated rings. The van der Waals surface area contributed by atoms with Crippen molar-refractivity contribution >= 4 is 28.3 Å². The van der Waals surface area contributed by atoms with Crippen LogP contribution in [0.15, 0.2) is 6.33 Å². The van der Waals surface area contributed by atoms with E-state index in [1.54, 1.807) is 6.33 Å². The smallest absolute Gasteiger partial charge is 0.204 e. The first-order chi connectivity index (χ1) is 5.90. The SMILES string of the molecule is ClCC1CCN(c2ncns2)C1. The maximum atomic E-state index is 5.78. The number of aromatic nitrogens is 2. The number of alkyl halides is 1. The van der Waals surface area contributed by atoms with E-state index >= 15 is 0 Å². The standard InChI is InChI=1S/C7H10ClN3S/c8-3-6-1-2-11(4-6)7-9-5-10-12-7/h5-6H,1-4H2. The van der Waals surface area contributed by atoms with E-state index in [1.165, 1.54) is 18.0 Å². The van der Waals surface area contributed by atoms with Gasteiger partial charge in [-0.2, -0.15) is 4.37 Å². The van der Waals surface area contributed by atoms with Crippen molar-refractivity contribution in [2.24, 2.45) is 5.92 Å². The van der Waals surface area contributed by atoms with Gasteiger partial charge in [0.1, 0.15) is 6.33 Å². The molecule has 1 aliphatic heterocycles. The summed E-state index contributed by atoms with van der Waals surface area (Å²) in [6, 6.07) is 0. The highest BCUT2D eigenvalue weighted by Crippen LogP contribution is 2.24. The molecule has 1 aromatic rings. The molecular formula is C7H10ClN3S. The summed E-state index contributed by atoms with van der Waals surface area (Å²) in [4.78, 5) is 6.41. The summed E-state index contributed by atoms with van der Waals surface area (Å²) in [5.74, 6) is 1.39. The van der Waals surface area contributed by atoms with Gasteiger partial charge in [-0.3, -0.25) is 0 Å². The lowest BCUT2D eigenvalue weighted by Crippen LogP contribution is -2.19. The highest BCUT2D eigenvalue weighted by atomic mass is 35.5. The van der Waals surface area contributed by atoms with Gasteiger partial charge in [-0.05, 0) is 12.3 Å². The molecule has 3 nitrogen and oxygen atoms in total. The Balaban J connectivity index is 2.00. The molecule has 0 spiro atoms. The third-order valence-corrected chi connectivity index (χ3v) is 3.29. The second-order valence-corrected chi connectivity index (χ2v) is 4.05. The van der Waals surface area contributed by atoms with Crippen LogP contribution in [0.5, 0.6) is 0 Å². The molecule has 0 amide bonds. The predicted molar refractivity (Wildman–Crippen MR) is 50.9 cm³/mol. The Labute approximate surface area is 80.5 Å². The largest absolute Gasteiger partial charge is 0.347 e. The van der Waals surface area contributed by atoms with Crippen molar-refractivity contribution < 1.29 is 0 Å². The molecule has 2 heterocycles. The molecule has 66 valence electrons. The number of anilines is 1. The summed E-state index contributed by atoms with van der Waals surface area (Å²) in [5, 5.41) is 1.03. The summed E-state index contributed by atoms with van der Waals surface area (Å²) in [7, 11) is 0. The first-order valence-electron chi connectivity index (χ1n) is 3.97. The molecule has 5 heteroatoms. The minimum absolute atomic E-state index is 0.635. The van der Waals surface area contributed by atoms with Gasteiger partial charge in [0.05, 0.1) is 0 Å². The lowest BCUT2D eigenvalue weighted by Gasteiger charge is -2.12. The summed E-state index contributed by atoms with van der Waals surface area (Å²) >= 11 is 7.23. The summed E-state index contributed by atoms with van der Waals surface area (Å²) in [6.07, 6.45) is 2.79. The van der Waals surface area contributed by atoms with Gasteiger partial charge in [-0.15, -0.1) is 11.6 Å². The molecule has 0 aromatic carbocycles. The van der Waals surface area contributed by atoms with Gasteiger partial charge in [-0.1, -0.05) is 0 Å². The van der Waals surface area contributed by atoms with Crippen LogP contribution in [0.1, 0.15) is 6.42 Å². The van der Waals surface area contributed by atoms with Crippen molar-refractivity contribution in [2.75, 3.05) is 23.9 Å². The molecule has 1 aromatic heterocycles. The minimum atomic E-state index is 0.635. The molecular weight excluding hydrogens is 194 g/mol. The topological polar surface area (TPSA) is 29.0 Å². The molecule has 0 bridgehead atoms. The van der Waals surface area contributed by atoms with Gasteiger partial charge in [0, 0.05) is 30.5 Å². The maximum Gasteiger partial charge on any atom is 0.204 e. The van der Waals surface area contributed by atoms with E-state index in [1.807, 2.05) is 0 Å². The van der Waals surface area contributed by atoms with E-state index in [-0.39, 0.29) is 0 Å². The molecule has 0 N–H and O–H groups in total. The zero-order valence-corrected chi connectivity index (χ0v) is 8.18. The molecule has 1 unspecified atom stereocenters. The quantitative estimate of drug-likeness (QED) is 0.684. The Morgan fingerprint density at radius 1 is 1.75 bits per heavy atom. The average Bonchev–Trinajstić information content (AvgIpc) is 2.75. The Kier molecular flexibility index (Phi) is 2.46. The number of hydrogen-bond acceptors (Lipinski definition) is 4. The fourth-order valence-corrected chi connectivity index (χ4v) is 2.25. The van der Waals surface area contributed by atoms with Crippen molar-refractivity contribution in [1.29, 1.82) is 0 Å². The molecule has 0 radical (unpaired) electrons. The van der Waals surface area contributed by atoms with Gasteiger partial charge in [-0.25, -0.2) is 4.98 Å². The molecule has 12 heavy (non-hydrogen) atoms. The normalized spacial score (nSPS) is 23.4. The van der Waals surface area contributed by atoms with Crippen LogP contribution in [0.4, 0.5) is 5.13 Å². The van der Waals surface area contributed by atoms with E-state index in [4.69, 9.17) is 11.6 Å². The third-order valence-electron chi connectivity index (χ3n) is 2.12. The number of halogens is 1. The van der Waals surface area contributed by atoms with Crippen molar-refractivity contribution in [3.8, 4) is 0 Å². The Bertz CT molecular complexity index is 239. The molecule has 1 aliphatic rings. The summed E-state index contributed by atoms with van der Waals surface area (Å²) in [6.45, 7) is 2.12. The fourth-order valence-electron chi connectivity index (χ4n) is 1.44. The van der Waals surface area contributed by atoms with Crippen LogP contribution in [0.2, 0.25) is 0 Å². The van der Waals surface area contributed by atoms with Crippen molar-refractivity contribution in [1.82, 2.24) is 9.36 Å². The van der Waals surface area contributed by atoms with Gasteiger partial charge >= 0.3 is 0 Å². The Morgan fingerprint density at radius 2 is 2.67 bits per heavy atom. The lowest BCUT2D eigenvalue weighted by molar-refractivity contribution is 0.667. The average molecular weight is 204 g/mol. The Hall–Kier alpha value is -0.350. The summed E-state index contributed by atoms with van der Waals surface area (Å²) < 4.78 is 3.97. The number of nitrogens with zero attached hydrogens (tertiary/aromatic N) is 3. The van der Waals surface area contributed by atoms with E-state index in [0.29, 0.717) is 5.92 Å². The third kappa shape index (κ3) is 1.54. The highest BCUT2D eigenvalue weighted by molar-refractivity contribution is 7.09. The zero-order chi connectivity index (χ0) is 8.39. The molecule has 1 atom stereocenters.